The summed E-state index contributed by atoms with van der Waals surface area (Å²) in [6.07, 6.45) is 1.67. The zero-order valence-corrected chi connectivity index (χ0v) is 10.8. The van der Waals surface area contributed by atoms with Gasteiger partial charge in [0.05, 0.1) is 12.2 Å². The number of nitrogens with one attached hydrogen (secondary N) is 3. The summed E-state index contributed by atoms with van der Waals surface area (Å²) in [4.78, 5) is 19.2. The first-order valence-electron chi connectivity index (χ1n) is 6.20. The first kappa shape index (κ1) is 12.2. The molecule has 0 atom stereocenters. The standard InChI is InChI=1S/C13H13N5O2/c1-2-20-13-16-12(17-18-13)15-11(19)9-7-14-10-6-4-3-5-8(9)10/h3-7,14H,2H2,1H3,(H2,15,16,17,18,19). The molecule has 2 aromatic heterocycles. The van der Waals surface area contributed by atoms with Crippen LogP contribution in [0.1, 0.15) is 17.3 Å². The molecule has 0 bridgehead atoms. The van der Waals surface area contributed by atoms with Gasteiger partial charge in [0.25, 0.3) is 5.91 Å². The zero-order valence-electron chi connectivity index (χ0n) is 10.8. The van der Waals surface area contributed by atoms with E-state index in [0.29, 0.717) is 12.2 Å². The maximum Gasteiger partial charge on any atom is 0.337 e. The van der Waals surface area contributed by atoms with Crippen LogP contribution in [0.4, 0.5) is 5.95 Å². The number of rotatable bonds is 4. The van der Waals surface area contributed by atoms with Crippen molar-refractivity contribution in [2.24, 2.45) is 0 Å². The molecule has 102 valence electrons. The highest BCUT2D eigenvalue weighted by molar-refractivity contribution is 6.12. The van der Waals surface area contributed by atoms with Gasteiger partial charge in [-0.1, -0.05) is 18.2 Å². The topological polar surface area (TPSA) is 95.7 Å². The summed E-state index contributed by atoms with van der Waals surface area (Å²) in [5, 5.41) is 9.93. The number of benzene rings is 1. The van der Waals surface area contributed by atoms with Gasteiger partial charge in [-0.05, 0) is 13.0 Å². The zero-order chi connectivity index (χ0) is 13.9. The van der Waals surface area contributed by atoms with Gasteiger partial charge in [0.15, 0.2) is 0 Å². The number of anilines is 1. The SMILES string of the molecule is CCOc1n[nH]c(NC(=O)c2c[nH]c3ccccc23)n1. The van der Waals surface area contributed by atoms with Gasteiger partial charge in [-0.3, -0.25) is 10.1 Å². The molecule has 0 fully saturated rings. The molecule has 0 saturated heterocycles. The van der Waals surface area contributed by atoms with Crippen molar-refractivity contribution >= 4 is 22.8 Å². The van der Waals surface area contributed by atoms with E-state index in [1.165, 1.54) is 0 Å². The highest BCUT2D eigenvalue weighted by atomic mass is 16.5. The van der Waals surface area contributed by atoms with Crippen LogP contribution in [0.5, 0.6) is 6.01 Å². The monoisotopic (exact) mass is 271 g/mol. The summed E-state index contributed by atoms with van der Waals surface area (Å²) >= 11 is 0. The molecule has 0 spiro atoms. The van der Waals surface area contributed by atoms with Crippen LogP contribution >= 0.6 is 0 Å². The minimum atomic E-state index is -0.262. The van der Waals surface area contributed by atoms with Gasteiger partial charge in [0, 0.05) is 17.1 Å². The Labute approximate surface area is 114 Å². The second-order valence-electron chi connectivity index (χ2n) is 4.10. The molecule has 3 rings (SSSR count). The fourth-order valence-corrected chi connectivity index (χ4v) is 1.93. The van der Waals surface area contributed by atoms with Crippen molar-refractivity contribution in [3.63, 3.8) is 0 Å². The number of carbonyl (C=O) groups is 1. The first-order chi connectivity index (χ1) is 9.78. The van der Waals surface area contributed by atoms with E-state index in [1.807, 2.05) is 31.2 Å². The number of H-pyrrole nitrogens is 2. The normalized spacial score (nSPS) is 10.7. The summed E-state index contributed by atoms with van der Waals surface area (Å²) in [6, 6.07) is 7.79. The summed E-state index contributed by atoms with van der Waals surface area (Å²) < 4.78 is 5.12. The van der Waals surface area contributed by atoms with Crippen molar-refractivity contribution in [2.75, 3.05) is 11.9 Å². The largest absolute Gasteiger partial charge is 0.463 e. The smallest absolute Gasteiger partial charge is 0.337 e. The molecule has 1 amide bonds. The van der Waals surface area contributed by atoms with Crippen molar-refractivity contribution in [2.45, 2.75) is 6.92 Å². The maximum absolute atomic E-state index is 12.2. The van der Waals surface area contributed by atoms with Crippen LogP contribution in [0.15, 0.2) is 30.5 Å². The lowest BCUT2D eigenvalue weighted by atomic mass is 10.1. The number of fused-ring (bicyclic) bond motifs is 1. The molecule has 0 unspecified atom stereocenters. The van der Waals surface area contributed by atoms with Crippen LogP contribution in [0.2, 0.25) is 0 Å². The molecule has 0 aliphatic rings. The average molecular weight is 271 g/mol. The second-order valence-corrected chi connectivity index (χ2v) is 4.10. The van der Waals surface area contributed by atoms with Crippen LogP contribution in [0.25, 0.3) is 10.9 Å². The molecule has 0 aliphatic heterocycles. The molecule has 20 heavy (non-hydrogen) atoms. The van der Waals surface area contributed by atoms with Crippen LogP contribution in [-0.2, 0) is 0 Å². The van der Waals surface area contributed by atoms with E-state index in [-0.39, 0.29) is 17.9 Å². The highest BCUT2D eigenvalue weighted by Gasteiger charge is 2.13. The molecular formula is C13H13N5O2. The lowest BCUT2D eigenvalue weighted by Gasteiger charge is -1.99. The van der Waals surface area contributed by atoms with E-state index >= 15 is 0 Å². The Morgan fingerprint density at radius 1 is 1.40 bits per heavy atom. The van der Waals surface area contributed by atoms with Gasteiger partial charge < -0.3 is 9.72 Å². The van der Waals surface area contributed by atoms with E-state index in [2.05, 4.69) is 25.5 Å². The quantitative estimate of drug-likeness (QED) is 0.675. The minimum absolute atomic E-state index is 0.210. The Morgan fingerprint density at radius 3 is 3.10 bits per heavy atom. The summed E-state index contributed by atoms with van der Waals surface area (Å²) in [5.74, 6) is -0.00891. The number of hydrogen-bond donors (Lipinski definition) is 3. The molecule has 1 aromatic carbocycles. The molecule has 3 N–H and O–H groups in total. The lowest BCUT2D eigenvalue weighted by molar-refractivity contribution is 0.102. The molecule has 0 saturated carbocycles. The molecule has 2 heterocycles. The van der Waals surface area contributed by atoms with E-state index in [1.54, 1.807) is 6.20 Å². The summed E-state index contributed by atoms with van der Waals surface area (Å²) in [5.41, 5.74) is 1.46. The molecule has 7 nitrogen and oxygen atoms in total. The van der Waals surface area contributed by atoms with Gasteiger partial charge in [-0.2, -0.15) is 4.98 Å². The average Bonchev–Trinajstić information content (AvgIpc) is 3.06. The highest BCUT2D eigenvalue weighted by Crippen LogP contribution is 2.18. The number of aromatic amines is 2. The van der Waals surface area contributed by atoms with Gasteiger partial charge in [0.1, 0.15) is 0 Å². The third-order valence-corrected chi connectivity index (χ3v) is 2.80. The van der Waals surface area contributed by atoms with E-state index < -0.39 is 0 Å². The number of ether oxygens (including phenoxy) is 1. The van der Waals surface area contributed by atoms with E-state index in [9.17, 15) is 4.79 Å². The summed E-state index contributed by atoms with van der Waals surface area (Å²) in [7, 11) is 0. The predicted octanol–water partition coefficient (Wildman–Crippen LogP) is 1.94. The van der Waals surface area contributed by atoms with Crippen molar-refractivity contribution in [1.82, 2.24) is 20.2 Å². The number of para-hydroxylation sites is 1. The van der Waals surface area contributed by atoms with Crippen molar-refractivity contribution in [1.29, 1.82) is 0 Å². The second kappa shape index (κ2) is 5.04. The third kappa shape index (κ3) is 2.20. The van der Waals surface area contributed by atoms with E-state index in [4.69, 9.17) is 4.74 Å². The molecule has 0 radical (unpaired) electrons. The van der Waals surface area contributed by atoms with Crippen LogP contribution in [-0.4, -0.2) is 32.7 Å². The number of nitrogens with zero attached hydrogens (tertiary/aromatic N) is 2. The number of carbonyl (C=O) groups excluding carboxylic acids is 1. The number of aromatic nitrogens is 4. The summed E-state index contributed by atoms with van der Waals surface area (Å²) in [6.45, 7) is 2.30. The Balaban J connectivity index is 1.81. The molecule has 0 aliphatic carbocycles. The molecule has 7 heteroatoms. The van der Waals surface area contributed by atoms with Gasteiger partial charge in [-0.15, -0.1) is 5.10 Å². The van der Waals surface area contributed by atoms with Crippen LogP contribution < -0.4 is 10.1 Å². The Bertz CT molecular complexity index is 746. The van der Waals surface area contributed by atoms with Crippen molar-refractivity contribution < 1.29 is 9.53 Å². The predicted molar refractivity (Wildman–Crippen MR) is 73.8 cm³/mol. The molecule has 3 aromatic rings. The fourth-order valence-electron chi connectivity index (χ4n) is 1.93. The molecular weight excluding hydrogens is 258 g/mol. The van der Waals surface area contributed by atoms with Gasteiger partial charge in [-0.25, -0.2) is 5.10 Å². The van der Waals surface area contributed by atoms with Crippen molar-refractivity contribution in [3.8, 4) is 6.01 Å². The Morgan fingerprint density at radius 2 is 2.25 bits per heavy atom. The van der Waals surface area contributed by atoms with E-state index in [0.717, 1.165) is 10.9 Å². The van der Waals surface area contributed by atoms with Crippen LogP contribution in [0, 0.1) is 0 Å². The van der Waals surface area contributed by atoms with Crippen molar-refractivity contribution in [3.05, 3.63) is 36.0 Å². The third-order valence-electron chi connectivity index (χ3n) is 2.80. The Hall–Kier alpha value is -2.83. The lowest BCUT2D eigenvalue weighted by Crippen LogP contribution is -2.12. The Kier molecular flexibility index (Phi) is 3.08. The number of hydrogen-bond acceptors (Lipinski definition) is 4. The van der Waals surface area contributed by atoms with Crippen LogP contribution in [0.3, 0.4) is 0 Å². The first-order valence-corrected chi connectivity index (χ1v) is 6.20. The maximum atomic E-state index is 12.2. The van der Waals surface area contributed by atoms with Gasteiger partial charge in [0.2, 0.25) is 5.95 Å². The minimum Gasteiger partial charge on any atom is -0.463 e. The van der Waals surface area contributed by atoms with Gasteiger partial charge >= 0.3 is 6.01 Å². The number of amides is 1. The fraction of sp³-hybridized carbons (Fsp3) is 0.154.